The predicted molar refractivity (Wildman–Crippen MR) is 57.1 cm³/mol. The van der Waals surface area contributed by atoms with Crippen LogP contribution in [0.15, 0.2) is 11.6 Å². The van der Waals surface area contributed by atoms with E-state index in [9.17, 15) is 4.79 Å². The van der Waals surface area contributed by atoms with E-state index >= 15 is 0 Å². The van der Waals surface area contributed by atoms with Gasteiger partial charge in [-0.05, 0) is 5.41 Å². The molecule has 0 spiro atoms. The minimum absolute atomic E-state index is 0.299. The molecule has 0 saturated heterocycles. The molecule has 0 bridgehead atoms. The Balaban J connectivity index is 2.59. The summed E-state index contributed by atoms with van der Waals surface area (Å²) in [4.78, 5) is 15.4. The average molecular weight is 212 g/mol. The second kappa shape index (κ2) is 4.06. The Labute approximate surface area is 87.5 Å². The maximum absolute atomic E-state index is 11.5. The van der Waals surface area contributed by atoms with Gasteiger partial charge in [-0.1, -0.05) is 20.8 Å². The van der Waals surface area contributed by atoms with Crippen LogP contribution in [-0.2, 0) is 4.79 Å². The van der Waals surface area contributed by atoms with Gasteiger partial charge in [-0.3, -0.25) is 4.79 Å². The highest BCUT2D eigenvalue weighted by atomic mass is 32.1. The molecule has 1 aromatic rings. The SMILES string of the molecule is CC(C)(C)C([NH])C(=O)Nc1nccs1. The molecule has 0 aliphatic rings. The lowest BCUT2D eigenvalue weighted by Crippen LogP contribution is -2.39. The van der Waals surface area contributed by atoms with Gasteiger partial charge in [0, 0.05) is 11.6 Å². The van der Waals surface area contributed by atoms with E-state index in [2.05, 4.69) is 10.3 Å². The first-order valence-electron chi connectivity index (χ1n) is 4.33. The van der Waals surface area contributed by atoms with Crippen LogP contribution in [0.1, 0.15) is 20.8 Å². The lowest BCUT2D eigenvalue weighted by molar-refractivity contribution is -0.119. The van der Waals surface area contributed by atoms with Crippen molar-refractivity contribution in [2.75, 3.05) is 5.32 Å². The van der Waals surface area contributed by atoms with Crippen LogP contribution in [0.5, 0.6) is 0 Å². The van der Waals surface area contributed by atoms with E-state index in [1.807, 2.05) is 20.8 Å². The zero-order valence-corrected chi connectivity index (χ0v) is 9.31. The minimum atomic E-state index is -0.772. The molecule has 1 unspecified atom stereocenters. The maximum Gasteiger partial charge on any atom is 0.245 e. The summed E-state index contributed by atoms with van der Waals surface area (Å²) in [5, 5.41) is 4.94. The summed E-state index contributed by atoms with van der Waals surface area (Å²) in [5.41, 5.74) is 7.35. The van der Waals surface area contributed by atoms with Crippen molar-refractivity contribution in [3.63, 3.8) is 0 Å². The molecule has 1 rings (SSSR count). The first-order valence-corrected chi connectivity index (χ1v) is 5.20. The van der Waals surface area contributed by atoms with Crippen LogP contribution >= 0.6 is 11.3 Å². The Morgan fingerprint density at radius 3 is 2.71 bits per heavy atom. The number of rotatable bonds is 2. The van der Waals surface area contributed by atoms with Crippen LogP contribution in [0.2, 0.25) is 0 Å². The lowest BCUT2D eigenvalue weighted by Gasteiger charge is -2.24. The molecule has 1 amide bonds. The molecule has 0 saturated carbocycles. The van der Waals surface area contributed by atoms with Crippen LogP contribution < -0.4 is 11.1 Å². The molecule has 1 radical (unpaired) electrons. The number of aromatic nitrogens is 1. The quantitative estimate of drug-likeness (QED) is 0.812. The first kappa shape index (κ1) is 11.1. The van der Waals surface area contributed by atoms with Gasteiger partial charge in [0.25, 0.3) is 0 Å². The van der Waals surface area contributed by atoms with E-state index in [-0.39, 0.29) is 11.3 Å². The number of amides is 1. The van der Waals surface area contributed by atoms with Crippen molar-refractivity contribution in [1.29, 1.82) is 0 Å². The number of thiazole rings is 1. The van der Waals surface area contributed by atoms with Gasteiger partial charge in [0.05, 0.1) is 0 Å². The van der Waals surface area contributed by atoms with E-state index in [4.69, 9.17) is 5.73 Å². The molecule has 4 nitrogen and oxygen atoms in total. The number of nitrogens with one attached hydrogen (secondary N) is 2. The van der Waals surface area contributed by atoms with Crippen LogP contribution in [0, 0.1) is 5.41 Å². The van der Waals surface area contributed by atoms with Gasteiger partial charge in [-0.15, -0.1) is 11.3 Å². The van der Waals surface area contributed by atoms with Crippen molar-refractivity contribution in [3.05, 3.63) is 11.6 Å². The summed E-state index contributed by atoms with van der Waals surface area (Å²) in [6.07, 6.45) is 1.62. The molecule has 2 N–H and O–H groups in total. The molecular weight excluding hydrogens is 198 g/mol. The normalized spacial score (nSPS) is 13.7. The average Bonchev–Trinajstić information content (AvgIpc) is 2.53. The minimum Gasteiger partial charge on any atom is -0.301 e. The summed E-state index contributed by atoms with van der Waals surface area (Å²) < 4.78 is 0. The second-order valence-corrected chi connectivity index (χ2v) is 5.02. The van der Waals surface area contributed by atoms with Crippen molar-refractivity contribution < 1.29 is 4.79 Å². The van der Waals surface area contributed by atoms with Crippen molar-refractivity contribution in [2.24, 2.45) is 5.41 Å². The summed E-state index contributed by atoms with van der Waals surface area (Å²) in [5.74, 6) is -0.299. The van der Waals surface area contributed by atoms with E-state index in [0.29, 0.717) is 5.13 Å². The summed E-state index contributed by atoms with van der Waals surface area (Å²) in [6.45, 7) is 5.60. The fraction of sp³-hybridized carbons (Fsp3) is 0.556. The van der Waals surface area contributed by atoms with Gasteiger partial charge in [-0.2, -0.15) is 0 Å². The maximum atomic E-state index is 11.5. The summed E-state index contributed by atoms with van der Waals surface area (Å²) in [7, 11) is 0. The molecule has 0 fully saturated rings. The first-order chi connectivity index (χ1) is 6.41. The lowest BCUT2D eigenvalue weighted by atomic mass is 9.87. The molecule has 1 atom stereocenters. The fourth-order valence-corrected chi connectivity index (χ4v) is 1.39. The number of nitrogens with zero attached hydrogens (tertiary/aromatic N) is 1. The molecular formula is C9H14N3OS. The third-order valence-electron chi connectivity index (χ3n) is 1.79. The molecule has 77 valence electrons. The second-order valence-electron chi connectivity index (χ2n) is 4.13. The number of hydrogen-bond acceptors (Lipinski definition) is 3. The van der Waals surface area contributed by atoms with Gasteiger partial charge < -0.3 is 5.32 Å². The largest absolute Gasteiger partial charge is 0.301 e. The van der Waals surface area contributed by atoms with Gasteiger partial charge in [-0.25, -0.2) is 10.7 Å². The Bertz CT molecular complexity index is 302. The molecule has 14 heavy (non-hydrogen) atoms. The van der Waals surface area contributed by atoms with Gasteiger partial charge in [0.15, 0.2) is 5.13 Å². The van der Waals surface area contributed by atoms with Crippen molar-refractivity contribution in [1.82, 2.24) is 10.7 Å². The highest BCUT2D eigenvalue weighted by Crippen LogP contribution is 2.20. The Kier molecular flexibility index (Phi) is 3.23. The topological polar surface area (TPSA) is 65.8 Å². The third kappa shape index (κ3) is 2.78. The van der Waals surface area contributed by atoms with E-state index in [1.54, 1.807) is 11.6 Å². The number of carbonyl (C=O) groups is 1. The third-order valence-corrected chi connectivity index (χ3v) is 2.48. The Morgan fingerprint density at radius 2 is 2.29 bits per heavy atom. The van der Waals surface area contributed by atoms with Crippen LogP contribution in [-0.4, -0.2) is 16.9 Å². The highest BCUT2D eigenvalue weighted by molar-refractivity contribution is 7.13. The van der Waals surface area contributed by atoms with Crippen LogP contribution in [0.4, 0.5) is 5.13 Å². The Hall–Kier alpha value is -0.940. The van der Waals surface area contributed by atoms with Crippen molar-refractivity contribution in [3.8, 4) is 0 Å². The van der Waals surface area contributed by atoms with Crippen LogP contribution in [0.3, 0.4) is 0 Å². The molecule has 0 aromatic carbocycles. The van der Waals surface area contributed by atoms with Gasteiger partial charge in [0.1, 0.15) is 6.04 Å². The van der Waals surface area contributed by atoms with E-state index < -0.39 is 6.04 Å². The Morgan fingerprint density at radius 1 is 1.64 bits per heavy atom. The zero-order valence-electron chi connectivity index (χ0n) is 8.50. The summed E-state index contributed by atoms with van der Waals surface area (Å²) in [6, 6.07) is -0.772. The van der Waals surface area contributed by atoms with E-state index in [0.717, 1.165) is 0 Å². The molecule has 0 aliphatic heterocycles. The molecule has 5 heteroatoms. The van der Waals surface area contributed by atoms with Gasteiger partial charge >= 0.3 is 0 Å². The summed E-state index contributed by atoms with van der Waals surface area (Å²) >= 11 is 1.35. The molecule has 0 aliphatic carbocycles. The van der Waals surface area contributed by atoms with Crippen molar-refractivity contribution in [2.45, 2.75) is 26.8 Å². The smallest absolute Gasteiger partial charge is 0.245 e. The van der Waals surface area contributed by atoms with Gasteiger partial charge in [0.2, 0.25) is 5.91 Å². The van der Waals surface area contributed by atoms with Crippen LogP contribution in [0.25, 0.3) is 0 Å². The highest BCUT2D eigenvalue weighted by Gasteiger charge is 2.28. The van der Waals surface area contributed by atoms with E-state index in [1.165, 1.54) is 11.3 Å². The van der Waals surface area contributed by atoms with Crippen molar-refractivity contribution >= 4 is 22.4 Å². The predicted octanol–water partition coefficient (Wildman–Crippen LogP) is 1.78. The molecule has 1 heterocycles. The standard InChI is InChI=1S/C9H14N3OS/c1-9(2,3)6(10)7(13)12-8-11-4-5-14-8/h4-6,10H,1-3H3,(H,11,12,13). The monoisotopic (exact) mass is 212 g/mol. The molecule has 1 aromatic heterocycles. The zero-order chi connectivity index (χ0) is 10.8. The fourth-order valence-electron chi connectivity index (χ4n) is 0.856. The number of carbonyl (C=O) groups excluding carboxylic acids is 1. The number of hydrogen-bond donors (Lipinski definition) is 1. The number of anilines is 1.